The first-order chi connectivity index (χ1) is 21.4. The second-order valence-electron chi connectivity index (χ2n) is 11.7. The van der Waals surface area contributed by atoms with Crippen LogP contribution in [0.2, 0.25) is 0 Å². The Labute approximate surface area is 260 Å². The maximum Gasteiger partial charge on any atom is 0.315 e. The van der Waals surface area contributed by atoms with Crippen LogP contribution in [0, 0.1) is 17.2 Å². The fourth-order valence-electron chi connectivity index (χ4n) is 7.06. The standard InChI is InChI=1S/C37H40N4O3/c1-27-33(36(43)44-3)34(30-17-15-29(25-38)16-18-30)35(28(2)39-27)41(26-42)22-10-21-40-23-19-37(20-24-40,31-11-6-4-7-12-31)32-13-8-5-9-14-32/h4-9,11-18,26,33-34H,10,19-24H2,1-3H3. The van der Waals surface area contributed by atoms with Gasteiger partial charge in [-0.3, -0.25) is 14.6 Å². The SMILES string of the molecule is COC(=O)C1C(C)=NC(C)=C(N(C=O)CCCN2CCC(c3ccccc3)(c3ccccc3)CC2)C1c1ccc(C#N)cc1. The number of piperidine rings is 1. The van der Waals surface area contributed by atoms with E-state index in [1.54, 1.807) is 17.0 Å². The summed E-state index contributed by atoms with van der Waals surface area (Å²) in [4.78, 5) is 34.5. The molecule has 7 heteroatoms. The molecule has 3 aromatic rings. The Morgan fingerprint density at radius 2 is 1.59 bits per heavy atom. The highest BCUT2D eigenvalue weighted by Gasteiger charge is 2.41. The molecule has 226 valence electrons. The summed E-state index contributed by atoms with van der Waals surface area (Å²) in [5, 5.41) is 9.32. The van der Waals surface area contributed by atoms with Gasteiger partial charge in [-0.25, -0.2) is 0 Å². The summed E-state index contributed by atoms with van der Waals surface area (Å²) in [5.74, 6) is -1.52. The summed E-state index contributed by atoms with van der Waals surface area (Å²) in [7, 11) is 1.37. The summed E-state index contributed by atoms with van der Waals surface area (Å²) in [6.07, 6.45) is 3.69. The summed E-state index contributed by atoms with van der Waals surface area (Å²) in [6.45, 7) is 7.01. The van der Waals surface area contributed by atoms with Crippen LogP contribution in [0.1, 0.15) is 61.3 Å². The molecule has 1 fully saturated rings. The molecule has 0 N–H and O–H groups in total. The Kier molecular flexibility index (Phi) is 9.72. The van der Waals surface area contributed by atoms with Gasteiger partial charge in [-0.1, -0.05) is 72.8 Å². The molecule has 1 saturated heterocycles. The minimum atomic E-state index is -0.666. The van der Waals surface area contributed by atoms with E-state index in [9.17, 15) is 14.9 Å². The van der Waals surface area contributed by atoms with Crippen LogP contribution in [0.25, 0.3) is 0 Å². The van der Waals surface area contributed by atoms with Gasteiger partial charge in [0, 0.05) is 23.6 Å². The van der Waals surface area contributed by atoms with Gasteiger partial charge in [0.25, 0.3) is 0 Å². The van der Waals surface area contributed by atoms with Crippen molar-refractivity contribution in [1.29, 1.82) is 5.26 Å². The van der Waals surface area contributed by atoms with E-state index in [0.29, 0.717) is 29.2 Å². The van der Waals surface area contributed by atoms with Gasteiger partial charge in [0.2, 0.25) is 6.41 Å². The third kappa shape index (κ3) is 6.22. The van der Waals surface area contributed by atoms with Crippen molar-refractivity contribution in [3.05, 3.63) is 119 Å². The average Bonchev–Trinajstić information content (AvgIpc) is 3.07. The van der Waals surface area contributed by atoms with Gasteiger partial charge in [0.1, 0.15) is 5.92 Å². The summed E-state index contributed by atoms with van der Waals surface area (Å²) in [5.41, 5.74) is 6.14. The van der Waals surface area contributed by atoms with E-state index >= 15 is 0 Å². The molecule has 3 aromatic carbocycles. The second kappa shape index (κ2) is 13.8. The van der Waals surface area contributed by atoms with Crippen LogP contribution in [0.3, 0.4) is 0 Å². The lowest BCUT2D eigenvalue weighted by atomic mass is 9.68. The van der Waals surface area contributed by atoms with Gasteiger partial charge in [-0.05, 0) is 81.6 Å². The molecule has 0 aromatic heterocycles. The maximum atomic E-state index is 13.0. The number of nitrogens with zero attached hydrogens (tertiary/aromatic N) is 4. The van der Waals surface area contributed by atoms with Crippen LogP contribution < -0.4 is 0 Å². The number of hydrogen-bond acceptors (Lipinski definition) is 6. The Balaban J connectivity index is 1.32. The first-order valence-corrected chi connectivity index (χ1v) is 15.3. The summed E-state index contributed by atoms with van der Waals surface area (Å²) in [6, 6.07) is 31.0. The Bertz CT molecular complexity index is 1510. The van der Waals surface area contributed by atoms with Crippen molar-refractivity contribution >= 4 is 18.1 Å². The van der Waals surface area contributed by atoms with Crippen LogP contribution in [-0.4, -0.2) is 61.2 Å². The van der Waals surface area contributed by atoms with Crippen molar-refractivity contribution in [2.24, 2.45) is 10.9 Å². The van der Waals surface area contributed by atoms with E-state index in [4.69, 9.17) is 9.73 Å². The van der Waals surface area contributed by atoms with Gasteiger partial charge >= 0.3 is 5.97 Å². The largest absolute Gasteiger partial charge is 0.468 e. The Morgan fingerprint density at radius 1 is 1.00 bits per heavy atom. The number of rotatable bonds is 10. The number of hydrogen-bond donors (Lipinski definition) is 0. The lowest BCUT2D eigenvalue weighted by molar-refractivity contribution is -0.143. The highest BCUT2D eigenvalue weighted by Crippen LogP contribution is 2.43. The highest BCUT2D eigenvalue weighted by molar-refractivity contribution is 6.03. The van der Waals surface area contributed by atoms with Crippen molar-refractivity contribution in [2.45, 2.75) is 44.4 Å². The zero-order valence-electron chi connectivity index (χ0n) is 25.8. The molecule has 0 bridgehead atoms. The first-order valence-electron chi connectivity index (χ1n) is 15.3. The number of nitriles is 1. The zero-order chi connectivity index (χ0) is 31.1. The fraction of sp³-hybridized carbons (Fsp3) is 0.351. The van der Waals surface area contributed by atoms with Gasteiger partial charge < -0.3 is 14.5 Å². The monoisotopic (exact) mass is 588 g/mol. The predicted octanol–water partition coefficient (Wildman–Crippen LogP) is 6.07. The average molecular weight is 589 g/mol. The maximum absolute atomic E-state index is 13.0. The predicted molar refractivity (Wildman–Crippen MR) is 172 cm³/mol. The van der Waals surface area contributed by atoms with Crippen molar-refractivity contribution in [3.63, 3.8) is 0 Å². The number of carbonyl (C=O) groups is 2. The molecule has 0 radical (unpaired) electrons. The normalized spacial score (nSPS) is 19.9. The van der Waals surface area contributed by atoms with Crippen molar-refractivity contribution in [3.8, 4) is 6.07 Å². The molecule has 2 atom stereocenters. The molecule has 5 rings (SSSR count). The minimum Gasteiger partial charge on any atom is -0.468 e. The summed E-state index contributed by atoms with van der Waals surface area (Å²) < 4.78 is 5.19. The molecule has 2 aliphatic heterocycles. The smallest absolute Gasteiger partial charge is 0.315 e. The number of esters is 1. The van der Waals surface area contributed by atoms with Crippen molar-refractivity contribution in [1.82, 2.24) is 9.80 Å². The molecular formula is C37H40N4O3. The third-order valence-corrected chi connectivity index (χ3v) is 9.32. The lowest BCUT2D eigenvalue weighted by Gasteiger charge is -2.43. The highest BCUT2D eigenvalue weighted by atomic mass is 16.5. The quantitative estimate of drug-likeness (QED) is 0.212. The number of methoxy groups -OCH3 is 1. The second-order valence-corrected chi connectivity index (χ2v) is 11.7. The topological polar surface area (TPSA) is 86.0 Å². The van der Waals surface area contributed by atoms with Gasteiger partial charge in [-0.2, -0.15) is 5.26 Å². The number of amides is 1. The molecule has 0 spiro atoms. The van der Waals surface area contributed by atoms with Crippen LogP contribution in [0.5, 0.6) is 0 Å². The molecule has 2 unspecified atom stereocenters. The van der Waals surface area contributed by atoms with Crippen LogP contribution in [-0.2, 0) is 19.7 Å². The van der Waals surface area contributed by atoms with Gasteiger partial charge in [0.05, 0.1) is 30.1 Å². The molecule has 44 heavy (non-hydrogen) atoms. The molecule has 2 aliphatic rings. The lowest BCUT2D eigenvalue weighted by Crippen LogP contribution is -2.44. The van der Waals surface area contributed by atoms with Crippen LogP contribution >= 0.6 is 0 Å². The van der Waals surface area contributed by atoms with Crippen LogP contribution in [0.15, 0.2) is 101 Å². The summed E-state index contributed by atoms with van der Waals surface area (Å²) >= 11 is 0. The molecule has 1 amide bonds. The molecule has 0 aliphatic carbocycles. The number of carbonyl (C=O) groups excluding carboxylic acids is 2. The number of benzene rings is 3. The number of likely N-dealkylation sites (tertiary alicyclic amines) is 1. The van der Waals surface area contributed by atoms with Crippen molar-refractivity contribution < 1.29 is 14.3 Å². The minimum absolute atomic E-state index is 0.00898. The molecule has 7 nitrogen and oxygen atoms in total. The molecule has 0 saturated carbocycles. The van der Waals surface area contributed by atoms with E-state index < -0.39 is 17.8 Å². The third-order valence-electron chi connectivity index (χ3n) is 9.32. The molecule has 2 heterocycles. The van der Waals surface area contributed by atoms with E-state index in [0.717, 1.165) is 50.9 Å². The number of aliphatic imine (C=N–C) groups is 1. The van der Waals surface area contributed by atoms with Crippen LogP contribution in [0.4, 0.5) is 0 Å². The Hall–Kier alpha value is -4.54. The molecular weight excluding hydrogens is 548 g/mol. The van der Waals surface area contributed by atoms with E-state index in [2.05, 4.69) is 71.6 Å². The number of ether oxygens (including phenoxy) is 1. The van der Waals surface area contributed by atoms with Gasteiger partial charge in [0.15, 0.2) is 0 Å². The van der Waals surface area contributed by atoms with Crippen molar-refractivity contribution in [2.75, 3.05) is 33.3 Å². The van der Waals surface area contributed by atoms with E-state index in [1.165, 1.54) is 18.2 Å². The zero-order valence-corrected chi connectivity index (χ0v) is 25.8. The van der Waals surface area contributed by atoms with E-state index in [1.807, 2.05) is 26.0 Å². The first kappa shape index (κ1) is 30.9. The van der Waals surface area contributed by atoms with Gasteiger partial charge in [-0.15, -0.1) is 0 Å². The fourth-order valence-corrected chi connectivity index (χ4v) is 7.06. The Morgan fingerprint density at radius 3 is 2.11 bits per heavy atom. The number of allylic oxidation sites excluding steroid dienone is 2. The van der Waals surface area contributed by atoms with E-state index in [-0.39, 0.29) is 5.41 Å².